The van der Waals surface area contributed by atoms with E-state index in [-0.39, 0.29) is 6.61 Å². The third-order valence-corrected chi connectivity index (χ3v) is 4.53. The van der Waals surface area contributed by atoms with Crippen LogP contribution in [-0.2, 0) is 12.2 Å². The standard InChI is InChI=1S/C14H15BrO2S/c1-14(2,17)11-5-3-9(4-6-11)13-10(8-16)7-12(15)18-13/h3-7,16-17H,8H2,1-2H3. The minimum absolute atomic E-state index is 0.0324. The molecule has 1 heterocycles. The van der Waals surface area contributed by atoms with Crippen molar-refractivity contribution in [2.45, 2.75) is 26.1 Å². The van der Waals surface area contributed by atoms with E-state index in [0.717, 1.165) is 25.4 Å². The van der Waals surface area contributed by atoms with Gasteiger partial charge < -0.3 is 10.2 Å². The molecule has 4 heteroatoms. The Labute approximate surface area is 119 Å². The van der Waals surface area contributed by atoms with Gasteiger partial charge in [-0.05, 0) is 52.5 Å². The second-order valence-corrected chi connectivity index (χ2v) is 7.13. The highest BCUT2D eigenvalue weighted by Gasteiger charge is 2.16. The fourth-order valence-corrected chi connectivity index (χ4v) is 3.45. The van der Waals surface area contributed by atoms with Crippen LogP contribution in [0.5, 0.6) is 0 Å². The lowest BCUT2D eigenvalue weighted by molar-refractivity contribution is 0.0786. The van der Waals surface area contributed by atoms with Crippen molar-refractivity contribution in [3.8, 4) is 10.4 Å². The van der Waals surface area contributed by atoms with Gasteiger partial charge in [0.1, 0.15) is 0 Å². The Bertz CT molecular complexity index is 538. The number of benzene rings is 1. The summed E-state index contributed by atoms with van der Waals surface area (Å²) >= 11 is 5.03. The van der Waals surface area contributed by atoms with Gasteiger partial charge in [0, 0.05) is 4.88 Å². The molecule has 0 saturated heterocycles. The van der Waals surface area contributed by atoms with Gasteiger partial charge in [0.15, 0.2) is 0 Å². The maximum atomic E-state index is 9.91. The van der Waals surface area contributed by atoms with E-state index in [1.165, 1.54) is 0 Å². The molecular weight excluding hydrogens is 312 g/mol. The molecule has 1 aromatic carbocycles. The van der Waals surface area contributed by atoms with Crippen LogP contribution in [-0.4, -0.2) is 10.2 Å². The molecule has 2 rings (SSSR count). The summed E-state index contributed by atoms with van der Waals surface area (Å²) in [5.74, 6) is 0. The van der Waals surface area contributed by atoms with E-state index in [1.54, 1.807) is 25.2 Å². The van der Waals surface area contributed by atoms with Crippen molar-refractivity contribution in [3.63, 3.8) is 0 Å². The van der Waals surface area contributed by atoms with E-state index < -0.39 is 5.60 Å². The number of rotatable bonds is 3. The zero-order chi connectivity index (χ0) is 13.3. The Balaban J connectivity index is 2.40. The Morgan fingerprint density at radius 2 is 1.83 bits per heavy atom. The zero-order valence-corrected chi connectivity index (χ0v) is 12.7. The largest absolute Gasteiger partial charge is 0.392 e. The lowest BCUT2D eigenvalue weighted by Gasteiger charge is -2.17. The Morgan fingerprint density at radius 3 is 2.33 bits per heavy atom. The Kier molecular flexibility index (Phi) is 3.92. The average Bonchev–Trinajstić information content (AvgIpc) is 2.69. The molecule has 0 saturated carbocycles. The van der Waals surface area contributed by atoms with Crippen molar-refractivity contribution < 1.29 is 10.2 Å². The first-order valence-corrected chi connectivity index (χ1v) is 7.25. The molecule has 0 radical (unpaired) electrons. The smallest absolute Gasteiger partial charge is 0.0840 e. The minimum Gasteiger partial charge on any atom is -0.392 e. The average molecular weight is 327 g/mol. The highest BCUT2D eigenvalue weighted by atomic mass is 79.9. The first-order valence-electron chi connectivity index (χ1n) is 5.64. The van der Waals surface area contributed by atoms with Crippen molar-refractivity contribution in [1.82, 2.24) is 0 Å². The third kappa shape index (κ3) is 2.83. The first-order chi connectivity index (χ1) is 8.41. The molecule has 18 heavy (non-hydrogen) atoms. The summed E-state index contributed by atoms with van der Waals surface area (Å²) in [6.45, 7) is 3.57. The van der Waals surface area contributed by atoms with E-state index in [0.29, 0.717) is 0 Å². The quantitative estimate of drug-likeness (QED) is 0.898. The lowest BCUT2D eigenvalue weighted by Crippen LogP contribution is -2.14. The number of hydrogen-bond donors (Lipinski definition) is 2. The minimum atomic E-state index is -0.825. The fourth-order valence-electron chi connectivity index (χ4n) is 1.79. The first kappa shape index (κ1) is 13.7. The summed E-state index contributed by atoms with van der Waals surface area (Å²) in [6.07, 6.45) is 0. The normalized spacial score (nSPS) is 11.8. The fraction of sp³-hybridized carbons (Fsp3) is 0.286. The SMILES string of the molecule is CC(C)(O)c1ccc(-c2sc(Br)cc2CO)cc1. The molecule has 0 aliphatic carbocycles. The van der Waals surface area contributed by atoms with Crippen LogP contribution < -0.4 is 0 Å². The molecule has 96 valence electrons. The molecule has 0 fully saturated rings. The van der Waals surface area contributed by atoms with Gasteiger partial charge in [-0.1, -0.05) is 24.3 Å². The van der Waals surface area contributed by atoms with E-state index >= 15 is 0 Å². The number of aliphatic hydroxyl groups excluding tert-OH is 1. The van der Waals surface area contributed by atoms with Gasteiger partial charge >= 0.3 is 0 Å². The van der Waals surface area contributed by atoms with Gasteiger partial charge in [0.2, 0.25) is 0 Å². The van der Waals surface area contributed by atoms with Crippen LogP contribution in [0, 0.1) is 0 Å². The topological polar surface area (TPSA) is 40.5 Å². The van der Waals surface area contributed by atoms with Crippen molar-refractivity contribution in [1.29, 1.82) is 0 Å². The predicted molar refractivity (Wildman–Crippen MR) is 78.6 cm³/mol. The molecule has 0 spiro atoms. The molecule has 2 nitrogen and oxygen atoms in total. The summed E-state index contributed by atoms with van der Waals surface area (Å²) in [6, 6.07) is 9.73. The number of aliphatic hydroxyl groups is 2. The lowest BCUT2D eigenvalue weighted by atomic mass is 9.97. The molecule has 0 amide bonds. The van der Waals surface area contributed by atoms with Gasteiger partial charge in [0.05, 0.1) is 16.0 Å². The van der Waals surface area contributed by atoms with Crippen molar-refractivity contribution >= 4 is 27.3 Å². The number of halogens is 1. The van der Waals surface area contributed by atoms with Crippen LogP contribution in [0.1, 0.15) is 25.0 Å². The summed E-state index contributed by atoms with van der Waals surface area (Å²) in [4.78, 5) is 1.06. The highest BCUT2D eigenvalue weighted by molar-refractivity contribution is 9.11. The van der Waals surface area contributed by atoms with E-state index in [1.807, 2.05) is 30.3 Å². The second kappa shape index (κ2) is 5.13. The van der Waals surface area contributed by atoms with Crippen LogP contribution in [0.3, 0.4) is 0 Å². The van der Waals surface area contributed by atoms with Gasteiger partial charge in [0.25, 0.3) is 0 Å². The van der Waals surface area contributed by atoms with Crippen LogP contribution in [0.15, 0.2) is 34.1 Å². The van der Waals surface area contributed by atoms with E-state index in [9.17, 15) is 10.2 Å². The van der Waals surface area contributed by atoms with Crippen LogP contribution in [0.2, 0.25) is 0 Å². The molecule has 2 N–H and O–H groups in total. The maximum Gasteiger partial charge on any atom is 0.0840 e. The summed E-state index contributed by atoms with van der Waals surface area (Å²) < 4.78 is 1.01. The summed E-state index contributed by atoms with van der Waals surface area (Å²) in [5, 5.41) is 19.2. The molecular formula is C14H15BrO2S. The van der Waals surface area contributed by atoms with Gasteiger partial charge in [-0.25, -0.2) is 0 Å². The molecule has 1 aromatic heterocycles. The predicted octanol–water partition coefficient (Wildman–Crippen LogP) is 3.90. The molecule has 0 unspecified atom stereocenters. The number of thiophene rings is 1. The van der Waals surface area contributed by atoms with Crippen molar-refractivity contribution in [2.75, 3.05) is 0 Å². The van der Waals surface area contributed by atoms with Crippen molar-refractivity contribution in [2.24, 2.45) is 0 Å². The molecule has 0 aliphatic heterocycles. The van der Waals surface area contributed by atoms with Gasteiger partial charge in [-0.15, -0.1) is 11.3 Å². The summed E-state index contributed by atoms with van der Waals surface area (Å²) in [7, 11) is 0. The molecule has 0 atom stereocenters. The number of hydrogen-bond acceptors (Lipinski definition) is 3. The highest BCUT2D eigenvalue weighted by Crippen LogP contribution is 2.36. The Morgan fingerprint density at radius 1 is 1.22 bits per heavy atom. The van der Waals surface area contributed by atoms with Crippen LogP contribution in [0.4, 0.5) is 0 Å². The molecule has 0 bridgehead atoms. The van der Waals surface area contributed by atoms with Crippen molar-refractivity contribution in [3.05, 3.63) is 45.2 Å². The molecule has 0 aliphatic rings. The molecule has 2 aromatic rings. The van der Waals surface area contributed by atoms with Crippen LogP contribution in [0.25, 0.3) is 10.4 Å². The zero-order valence-electron chi connectivity index (χ0n) is 10.3. The Hall–Kier alpha value is -0.680. The van der Waals surface area contributed by atoms with E-state index in [2.05, 4.69) is 15.9 Å². The monoisotopic (exact) mass is 326 g/mol. The van der Waals surface area contributed by atoms with Gasteiger partial charge in [-0.3, -0.25) is 0 Å². The summed E-state index contributed by atoms with van der Waals surface area (Å²) in [5.41, 5.74) is 2.03. The third-order valence-electron chi connectivity index (χ3n) is 2.80. The van der Waals surface area contributed by atoms with Gasteiger partial charge in [-0.2, -0.15) is 0 Å². The second-order valence-electron chi connectivity index (χ2n) is 4.70. The maximum absolute atomic E-state index is 9.91. The van der Waals surface area contributed by atoms with E-state index in [4.69, 9.17) is 0 Å². The van der Waals surface area contributed by atoms with Crippen LogP contribution >= 0.6 is 27.3 Å².